The molecule has 0 saturated heterocycles. The van der Waals surface area contributed by atoms with E-state index in [0.29, 0.717) is 17.9 Å². The molecule has 6 heteroatoms. The third kappa shape index (κ3) is 3.49. The molecule has 0 aliphatic carbocycles. The van der Waals surface area contributed by atoms with Crippen molar-refractivity contribution in [1.82, 2.24) is 5.01 Å². The third-order valence-corrected chi connectivity index (χ3v) is 4.40. The molecule has 0 N–H and O–H groups in total. The van der Waals surface area contributed by atoms with Gasteiger partial charge in [0, 0.05) is 25.0 Å². The number of rotatable bonds is 5. The number of hydrogen-bond donors (Lipinski definition) is 0. The van der Waals surface area contributed by atoms with E-state index in [0.717, 1.165) is 22.6 Å². The number of hydrazone groups is 1. The zero-order valence-corrected chi connectivity index (χ0v) is 15.4. The zero-order chi connectivity index (χ0) is 18.7. The Balaban J connectivity index is 1.98. The molecule has 0 fully saturated rings. The normalized spacial score (nSPS) is 16.2. The lowest BCUT2D eigenvalue weighted by molar-refractivity contribution is -0.130. The largest absolute Gasteiger partial charge is 0.497 e. The number of carbonyl (C=O) groups excluding carboxylic acids is 1. The van der Waals surface area contributed by atoms with Crippen LogP contribution in [0.5, 0.6) is 17.2 Å². The first-order chi connectivity index (χ1) is 12.5. The predicted molar refractivity (Wildman–Crippen MR) is 99.0 cm³/mol. The van der Waals surface area contributed by atoms with Crippen molar-refractivity contribution in [2.24, 2.45) is 5.10 Å². The van der Waals surface area contributed by atoms with E-state index in [4.69, 9.17) is 14.2 Å². The molecule has 0 unspecified atom stereocenters. The molecule has 1 amide bonds. The first-order valence-electron chi connectivity index (χ1n) is 8.30. The number of amides is 1. The van der Waals surface area contributed by atoms with Crippen LogP contribution in [0.25, 0.3) is 0 Å². The van der Waals surface area contributed by atoms with Gasteiger partial charge in [-0.3, -0.25) is 4.79 Å². The Morgan fingerprint density at radius 1 is 1.00 bits per heavy atom. The molecule has 3 rings (SSSR count). The van der Waals surface area contributed by atoms with E-state index in [1.165, 1.54) is 11.9 Å². The monoisotopic (exact) mass is 354 g/mol. The smallest absolute Gasteiger partial charge is 0.240 e. The second-order valence-electron chi connectivity index (χ2n) is 6.01. The van der Waals surface area contributed by atoms with Gasteiger partial charge in [-0.25, -0.2) is 5.01 Å². The molecule has 1 heterocycles. The van der Waals surface area contributed by atoms with Crippen LogP contribution in [0.2, 0.25) is 0 Å². The molecule has 2 aromatic carbocycles. The number of carbonyl (C=O) groups is 1. The average molecular weight is 354 g/mol. The molecular formula is C20H22N2O4. The molecule has 136 valence electrons. The maximum absolute atomic E-state index is 12.1. The van der Waals surface area contributed by atoms with Crippen molar-refractivity contribution >= 4 is 11.6 Å². The van der Waals surface area contributed by atoms with Crippen molar-refractivity contribution in [2.75, 3.05) is 21.3 Å². The van der Waals surface area contributed by atoms with Gasteiger partial charge < -0.3 is 14.2 Å². The van der Waals surface area contributed by atoms with Gasteiger partial charge in [0.2, 0.25) is 5.91 Å². The number of methoxy groups -OCH3 is 3. The van der Waals surface area contributed by atoms with Gasteiger partial charge in [-0.15, -0.1) is 0 Å². The van der Waals surface area contributed by atoms with E-state index in [2.05, 4.69) is 5.10 Å². The highest BCUT2D eigenvalue weighted by atomic mass is 16.5. The Kier molecular flexibility index (Phi) is 5.11. The molecule has 2 aromatic rings. The van der Waals surface area contributed by atoms with E-state index in [1.54, 1.807) is 27.4 Å². The van der Waals surface area contributed by atoms with Gasteiger partial charge >= 0.3 is 0 Å². The summed E-state index contributed by atoms with van der Waals surface area (Å²) in [4.78, 5) is 12.1. The van der Waals surface area contributed by atoms with Crippen molar-refractivity contribution in [3.05, 3.63) is 53.6 Å². The van der Waals surface area contributed by atoms with Crippen LogP contribution >= 0.6 is 0 Å². The minimum absolute atomic E-state index is 0.109. The van der Waals surface area contributed by atoms with Crippen LogP contribution in [0.15, 0.2) is 47.6 Å². The second kappa shape index (κ2) is 7.47. The van der Waals surface area contributed by atoms with Crippen LogP contribution in [0.4, 0.5) is 0 Å². The molecule has 6 nitrogen and oxygen atoms in total. The zero-order valence-electron chi connectivity index (χ0n) is 15.4. The number of benzene rings is 2. The fraction of sp³-hybridized carbons (Fsp3) is 0.300. The summed E-state index contributed by atoms with van der Waals surface area (Å²) in [5, 5.41) is 6.09. The maximum Gasteiger partial charge on any atom is 0.240 e. The van der Waals surface area contributed by atoms with E-state index >= 15 is 0 Å². The van der Waals surface area contributed by atoms with Crippen LogP contribution in [-0.2, 0) is 4.79 Å². The lowest BCUT2D eigenvalue weighted by atomic mass is 9.98. The van der Waals surface area contributed by atoms with Crippen LogP contribution in [0.1, 0.15) is 30.5 Å². The Morgan fingerprint density at radius 3 is 2.23 bits per heavy atom. The van der Waals surface area contributed by atoms with Gasteiger partial charge in [0.1, 0.15) is 17.2 Å². The Labute approximate surface area is 153 Å². The summed E-state index contributed by atoms with van der Waals surface area (Å²) in [6.07, 6.45) is 0.600. The van der Waals surface area contributed by atoms with Crippen LogP contribution in [0.3, 0.4) is 0 Å². The van der Waals surface area contributed by atoms with Crippen molar-refractivity contribution < 1.29 is 19.0 Å². The highest BCUT2D eigenvalue weighted by Gasteiger charge is 2.32. The number of hydrogen-bond acceptors (Lipinski definition) is 5. The lowest BCUT2D eigenvalue weighted by Crippen LogP contribution is -2.24. The van der Waals surface area contributed by atoms with Crippen LogP contribution < -0.4 is 14.2 Å². The highest BCUT2D eigenvalue weighted by Crippen LogP contribution is 2.35. The molecule has 0 spiro atoms. The van der Waals surface area contributed by atoms with E-state index in [9.17, 15) is 4.79 Å². The van der Waals surface area contributed by atoms with E-state index < -0.39 is 0 Å². The summed E-state index contributed by atoms with van der Waals surface area (Å²) >= 11 is 0. The van der Waals surface area contributed by atoms with Gasteiger partial charge in [-0.1, -0.05) is 12.1 Å². The first kappa shape index (κ1) is 17.8. The standard InChI is InChI=1S/C20H22N2O4/c1-13(23)22-20(14-6-5-7-16(8-14)24-2)12-19(21-22)15-9-17(25-3)11-18(10-15)26-4/h5-11,20H,12H2,1-4H3/t20-/m1/s1. The van der Waals surface area contributed by atoms with Gasteiger partial charge in [-0.2, -0.15) is 5.10 Å². The molecular weight excluding hydrogens is 332 g/mol. The summed E-state index contributed by atoms with van der Waals surface area (Å²) in [7, 11) is 4.84. The topological polar surface area (TPSA) is 60.4 Å². The molecule has 1 aliphatic rings. The fourth-order valence-electron chi connectivity index (χ4n) is 3.06. The van der Waals surface area contributed by atoms with Crippen molar-refractivity contribution in [2.45, 2.75) is 19.4 Å². The van der Waals surface area contributed by atoms with Crippen LogP contribution in [0, 0.1) is 0 Å². The number of ether oxygens (including phenoxy) is 3. The first-order valence-corrected chi connectivity index (χ1v) is 8.30. The third-order valence-electron chi connectivity index (χ3n) is 4.40. The Hall–Kier alpha value is -3.02. The van der Waals surface area contributed by atoms with E-state index in [-0.39, 0.29) is 11.9 Å². The molecule has 26 heavy (non-hydrogen) atoms. The molecule has 0 radical (unpaired) electrons. The molecule has 0 aromatic heterocycles. The molecule has 0 saturated carbocycles. The quantitative estimate of drug-likeness (QED) is 0.826. The molecule has 0 bridgehead atoms. The summed E-state index contributed by atoms with van der Waals surface area (Å²) in [6, 6.07) is 13.1. The van der Waals surface area contributed by atoms with Crippen molar-refractivity contribution in [1.29, 1.82) is 0 Å². The average Bonchev–Trinajstić information content (AvgIpc) is 3.13. The Bertz CT molecular complexity index is 825. The number of nitrogens with zero attached hydrogens (tertiary/aromatic N) is 2. The van der Waals surface area contributed by atoms with Gasteiger partial charge in [0.15, 0.2) is 0 Å². The molecule has 1 atom stereocenters. The summed E-state index contributed by atoms with van der Waals surface area (Å²) in [5.41, 5.74) is 2.66. The predicted octanol–water partition coefficient (Wildman–Crippen LogP) is 3.41. The van der Waals surface area contributed by atoms with Crippen molar-refractivity contribution in [3.63, 3.8) is 0 Å². The van der Waals surface area contributed by atoms with Gasteiger partial charge in [0.05, 0.1) is 33.1 Å². The highest BCUT2D eigenvalue weighted by molar-refractivity contribution is 6.03. The summed E-state index contributed by atoms with van der Waals surface area (Å²) in [6.45, 7) is 1.52. The summed E-state index contributed by atoms with van der Waals surface area (Å²) < 4.78 is 16.0. The molecule has 1 aliphatic heterocycles. The second-order valence-corrected chi connectivity index (χ2v) is 6.01. The minimum Gasteiger partial charge on any atom is -0.497 e. The van der Waals surface area contributed by atoms with Gasteiger partial charge in [-0.05, 0) is 29.8 Å². The van der Waals surface area contributed by atoms with Gasteiger partial charge in [0.25, 0.3) is 0 Å². The SMILES string of the molecule is COc1cc(OC)cc(C2=NN(C(C)=O)[C@@H](c3cccc(OC)c3)C2)c1. The summed E-state index contributed by atoms with van der Waals surface area (Å²) in [5.74, 6) is 2.01. The maximum atomic E-state index is 12.1. The lowest BCUT2D eigenvalue weighted by Gasteiger charge is -2.20. The van der Waals surface area contributed by atoms with Crippen LogP contribution in [-0.4, -0.2) is 38.0 Å². The fourth-order valence-corrected chi connectivity index (χ4v) is 3.06. The Morgan fingerprint density at radius 2 is 1.65 bits per heavy atom. The van der Waals surface area contributed by atoms with Crippen molar-refractivity contribution in [3.8, 4) is 17.2 Å². The minimum atomic E-state index is -0.171. The van der Waals surface area contributed by atoms with E-state index in [1.807, 2.05) is 36.4 Å².